The van der Waals surface area contributed by atoms with Crippen molar-refractivity contribution in [3.05, 3.63) is 77.9 Å². The largest absolute Gasteiger partial charge is 0.490 e. The second-order valence-electron chi connectivity index (χ2n) is 10.7. The van der Waals surface area contributed by atoms with Crippen molar-refractivity contribution in [1.29, 1.82) is 0 Å². The molecular weight excluding hydrogens is 462 g/mol. The molecule has 3 aromatic carbocycles. The average Bonchev–Trinajstić information content (AvgIpc) is 2.94. The summed E-state index contributed by atoms with van der Waals surface area (Å²) in [5.74, 6) is -0.853. The molecule has 3 aromatic rings. The summed E-state index contributed by atoms with van der Waals surface area (Å²) < 4.78 is 35.3. The van der Waals surface area contributed by atoms with Crippen LogP contribution >= 0.6 is 0 Å². The number of aryl methyl sites for hydroxylation is 1. The zero-order chi connectivity index (χ0) is 25.9. The fourth-order valence-corrected chi connectivity index (χ4v) is 5.52. The molecule has 0 spiro atoms. The first-order valence-corrected chi connectivity index (χ1v) is 14.5. The van der Waals surface area contributed by atoms with Gasteiger partial charge in [-0.2, -0.15) is 4.39 Å². The van der Waals surface area contributed by atoms with E-state index in [4.69, 9.17) is 4.74 Å². The summed E-state index contributed by atoms with van der Waals surface area (Å²) >= 11 is 0. The average molecular weight is 505 g/mol. The predicted octanol–water partition coefficient (Wildman–Crippen LogP) is 10.6. The van der Waals surface area contributed by atoms with E-state index in [2.05, 4.69) is 31.2 Å². The Kier molecular flexibility index (Phi) is 10.6. The molecule has 0 bridgehead atoms. The van der Waals surface area contributed by atoms with Crippen molar-refractivity contribution in [3.8, 4) is 28.0 Å². The standard InChI is InChI=1S/C34H42F2O/c1-2-3-6-11-27-15-17-28(18-16-27)29-19-21-30(22-20-29)31-23-24-32(34(36)33(31)35)37-25-10-5-9-14-26-12-7-4-8-13-26/h15-24,26H,2-14,25H2,1H3. The van der Waals surface area contributed by atoms with Crippen molar-refractivity contribution in [3.63, 3.8) is 0 Å². The Morgan fingerprint density at radius 1 is 0.676 bits per heavy atom. The van der Waals surface area contributed by atoms with Gasteiger partial charge in [0.05, 0.1) is 6.61 Å². The highest BCUT2D eigenvalue weighted by Gasteiger charge is 2.16. The fourth-order valence-electron chi connectivity index (χ4n) is 5.52. The van der Waals surface area contributed by atoms with Gasteiger partial charge in [0, 0.05) is 5.56 Å². The first-order chi connectivity index (χ1) is 18.2. The SMILES string of the molecule is CCCCCc1ccc(-c2ccc(-c3ccc(OCCCCCC4CCCCC4)c(F)c3F)cc2)cc1. The van der Waals surface area contributed by atoms with E-state index in [0.717, 1.165) is 36.3 Å². The Labute approximate surface area is 222 Å². The molecule has 1 aliphatic rings. The Morgan fingerprint density at radius 2 is 1.35 bits per heavy atom. The van der Waals surface area contributed by atoms with Crippen LogP contribution in [0.4, 0.5) is 8.78 Å². The normalized spacial score (nSPS) is 14.1. The van der Waals surface area contributed by atoms with Gasteiger partial charge in [-0.25, -0.2) is 4.39 Å². The number of hydrogen-bond acceptors (Lipinski definition) is 1. The third-order valence-electron chi connectivity index (χ3n) is 7.84. The van der Waals surface area contributed by atoms with Gasteiger partial charge in [0.1, 0.15) is 0 Å². The molecule has 4 rings (SSSR count). The second-order valence-corrected chi connectivity index (χ2v) is 10.7. The first-order valence-electron chi connectivity index (χ1n) is 14.5. The molecule has 0 aliphatic heterocycles. The van der Waals surface area contributed by atoms with Crippen LogP contribution in [0.25, 0.3) is 22.3 Å². The summed E-state index contributed by atoms with van der Waals surface area (Å²) in [6, 6.07) is 19.5. The summed E-state index contributed by atoms with van der Waals surface area (Å²) in [7, 11) is 0. The molecule has 0 N–H and O–H groups in total. The van der Waals surface area contributed by atoms with E-state index in [1.54, 1.807) is 12.1 Å². The lowest BCUT2D eigenvalue weighted by atomic mass is 9.86. The molecule has 198 valence electrons. The summed E-state index contributed by atoms with van der Waals surface area (Å²) in [6.45, 7) is 2.64. The van der Waals surface area contributed by atoms with Gasteiger partial charge in [-0.1, -0.05) is 120 Å². The highest BCUT2D eigenvalue weighted by molar-refractivity contribution is 5.71. The van der Waals surface area contributed by atoms with Crippen LogP contribution in [-0.4, -0.2) is 6.61 Å². The monoisotopic (exact) mass is 504 g/mol. The van der Waals surface area contributed by atoms with Gasteiger partial charge in [0.25, 0.3) is 0 Å². The lowest BCUT2D eigenvalue weighted by Gasteiger charge is -2.21. The van der Waals surface area contributed by atoms with Crippen LogP contribution in [0, 0.1) is 17.6 Å². The minimum absolute atomic E-state index is 0.00387. The van der Waals surface area contributed by atoms with Crippen LogP contribution in [0.1, 0.15) is 89.5 Å². The van der Waals surface area contributed by atoms with E-state index >= 15 is 0 Å². The number of unbranched alkanes of at least 4 members (excludes halogenated alkanes) is 4. The van der Waals surface area contributed by atoms with E-state index in [1.165, 1.54) is 69.8 Å². The Bertz CT molecular complexity index is 1080. The van der Waals surface area contributed by atoms with Crippen molar-refractivity contribution < 1.29 is 13.5 Å². The molecular formula is C34H42F2O. The van der Waals surface area contributed by atoms with Gasteiger partial charge < -0.3 is 4.74 Å². The van der Waals surface area contributed by atoms with E-state index in [1.807, 2.05) is 24.3 Å². The van der Waals surface area contributed by atoms with Crippen molar-refractivity contribution in [2.24, 2.45) is 5.92 Å². The molecule has 0 unspecified atom stereocenters. The predicted molar refractivity (Wildman–Crippen MR) is 151 cm³/mol. The topological polar surface area (TPSA) is 9.23 Å². The maximum Gasteiger partial charge on any atom is 0.201 e. The summed E-state index contributed by atoms with van der Waals surface area (Å²) in [4.78, 5) is 0. The molecule has 1 nitrogen and oxygen atoms in total. The molecule has 3 heteroatoms. The number of hydrogen-bond donors (Lipinski definition) is 0. The van der Waals surface area contributed by atoms with Crippen molar-refractivity contribution >= 4 is 0 Å². The van der Waals surface area contributed by atoms with Crippen molar-refractivity contribution in [2.75, 3.05) is 6.61 Å². The summed E-state index contributed by atoms with van der Waals surface area (Å²) in [5.41, 5.74) is 4.46. The van der Waals surface area contributed by atoms with Crippen molar-refractivity contribution in [1.82, 2.24) is 0 Å². The highest BCUT2D eigenvalue weighted by Crippen LogP contribution is 2.32. The van der Waals surface area contributed by atoms with Crippen LogP contribution in [-0.2, 0) is 6.42 Å². The number of benzene rings is 3. The molecule has 0 amide bonds. The molecule has 0 saturated heterocycles. The minimum atomic E-state index is -0.901. The molecule has 1 aliphatic carbocycles. The van der Waals surface area contributed by atoms with Crippen LogP contribution in [0.3, 0.4) is 0 Å². The highest BCUT2D eigenvalue weighted by atomic mass is 19.2. The summed E-state index contributed by atoms with van der Waals surface area (Å²) in [6.07, 6.45) is 16.2. The third-order valence-corrected chi connectivity index (χ3v) is 7.84. The van der Waals surface area contributed by atoms with Crippen LogP contribution < -0.4 is 4.74 Å². The van der Waals surface area contributed by atoms with Crippen LogP contribution in [0.5, 0.6) is 5.75 Å². The molecule has 0 radical (unpaired) electrons. The maximum absolute atomic E-state index is 14.9. The third kappa shape index (κ3) is 7.90. The number of halogens is 2. The van der Waals surface area contributed by atoms with Gasteiger partial charge in [-0.05, 0) is 59.6 Å². The maximum atomic E-state index is 14.9. The molecule has 1 saturated carbocycles. The van der Waals surface area contributed by atoms with Gasteiger partial charge in [0.15, 0.2) is 11.6 Å². The Morgan fingerprint density at radius 3 is 2.05 bits per heavy atom. The Hall–Kier alpha value is -2.68. The van der Waals surface area contributed by atoms with Crippen LogP contribution in [0.2, 0.25) is 0 Å². The van der Waals surface area contributed by atoms with Gasteiger partial charge in [-0.15, -0.1) is 0 Å². The van der Waals surface area contributed by atoms with E-state index in [0.29, 0.717) is 12.2 Å². The summed E-state index contributed by atoms with van der Waals surface area (Å²) in [5, 5.41) is 0. The molecule has 0 atom stereocenters. The van der Waals surface area contributed by atoms with Gasteiger partial charge >= 0.3 is 0 Å². The first kappa shape index (κ1) is 27.4. The molecule has 37 heavy (non-hydrogen) atoms. The van der Waals surface area contributed by atoms with E-state index < -0.39 is 11.6 Å². The molecule has 0 heterocycles. The molecule has 0 aromatic heterocycles. The Balaban J connectivity index is 1.28. The van der Waals surface area contributed by atoms with Gasteiger partial charge in [-0.3, -0.25) is 0 Å². The minimum Gasteiger partial charge on any atom is -0.490 e. The van der Waals surface area contributed by atoms with E-state index in [-0.39, 0.29) is 11.3 Å². The van der Waals surface area contributed by atoms with Gasteiger partial charge in [0.2, 0.25) is 5.82 Å². The quantitative estimate of drug-likeness (QED) is 0.210. The zero-order valence-electron chi connectivity index (χ0n) is 22.4. The lowest BCUT2D eigenvalue weighted by Crippen LogP contribution is -2.06. The zero-order valence-corrected chi connectivity index (χ0v) is 22.4. The van der Waals surface area contributed by atoms with Crippen LogP contribution in [0.15, 0.2) is 60.7 Å². The fraction of sp³-hybridized carbons (Fsp3) is 0.471. The van der Waals surface area contributed by atoms with E-state index in [9.17, 15) is 8.78 Å². The molecule has 1 fully saturated rings. The smallest absolute Gasteiger partial charge is 0.201 e. The number of rotatable bonds is 13. The van der Waals surface area contributed by atoms with Crippen molar-refractivity contribution in [2.45, 2.75) is 90.4 Å². The number of ether oxygens (including phenoxy) is 1. The second kappa shape index (κ2) is 14.3. The lowest BCUT2D eigenvalue weighted by molar-refractivity contribution is 0.278.